The molecule has 0 aliphatic heterocycles. The number of hydrogen-bond acceptors (Lipinski definition) is 2. The van der Waals surface area contributed by atoms with Gasteiger partial charge in [-0.15, -0.1) is 12.4 Å². The largest absolute Gasteiger partial charge is 0.478 e. The Labute approximate surface area is 109 Å². The molecule has 0 unspecified atom stereocenters. The van der Waals surface area contributed by atoms with Gasteiger partial charge in [-0.25, -0.2) is 4.79 Å². The highest BCUT2D eigenvalue weighted by atomic mass is 35.5. The van der Waals surface area contributed by atoms with Crippen LogP contribution < -0.4 is 5.32 Å². The van der Waals surface area contributed by atoms with E-state index in [0.29, 0.717) is 11.5 Å². The van der Waals surface area contributed by atoms with Crippen LogP contribution in [0.25, 0.3) is 0 Å². The van der Waals surface area contributed by atoms with Gasteiger partial charge in [-0.3, -0.25) is 0 Å². The maximum absolute atomic E-state index is 10.6. The van der Waals surface area contributed by atoms with Crippen molar-refractivity contribution in [2.24, 2.45) is 5.92 Å². The molecule has 0 aliphatic rings. The lowest BCUT2D eigenvalue weighted by Gasteiger charge is -2.07. The van der Waals surface area contributed by atoms with E-state index < -0.39 is 5.97 Å². The first-order valence-corrected chi connectivity index (χ1v) is 5.62. The third-order valence-electron chi connectivity index (χ3n) is 2.43. The second-order valence-electron chi connectivity index (χ2n) is 4.36. The molecule has 0 heterocycles. The number of carboxylic acids is 1. The van der Waals surface area contributed by atoms with Gasteiger partial charge in [0.1, 0.15) is 0 Å². The lowest BCUT2D eigenvalue weighted by Crippen LogP contribution is -2.16. The molecule has 0 aromatic heterocycles. The molecule has 0 amide bonds. The van der Waals surface area contributed by atoms with E-state index in [2.05, 4.69) is 19.2 Å². The molecule has 0 radical (unpaired) electrons. The molecule has 17 heavy (non-hydrogen) atoms. The van der Waals surface area contributed by atoms with Crippen molar-refractivity contribution in [3.8, 4) is 0 Å². The molecular weight excluding hydrogens is 238 g/mol. The van der Waals surface area contributed by atoms with Gasteiger partial charge in [0.15, 0.2) is 0 Å². The van der Waals surface area contributed by atoms with Crippen LogP contribution in [0.5, 0.6) is 0 Å². The van der Waals surface area contributed by atoms with Crippen LogP contribution >= 0.6 is 12.4 Å². The molecule has 0 saturated heterocycles. The molecule has 0 aliphatic carbocycles. The highest BCUT2D eigenvalue weighted by Gasteiger charge is 2.01. The number of halogens is 1. The Morgan fingerprint density at radius 2 is 1.88 bits per heavy atom. The Kier molecular flexibility index (Phi) is 7.59. The van der Waals surface area contributed by atoms with E-state index in [4.69, 9.17) is 5.11 Å². The summed E-state index contributed by atoms with van der Waals surface area (Å²) in [6.45, 7) is 6.19. The van der Waals surface area contributed by atoms with Crippen molar-refractivity contribution in [3.05, 3.63) is 35.4 Å². The molecule has 2 N–H and O–H groups in total. The van der Waals surface area contributed by atoms with E-state index in [1.807, 2.05) is 12.1 Å². The average Bonchev–Trinajstić information content (AvgIpc) is 2.25. The number of nitrogens with one attached hydrogen (secondary N) is 1. The molecule has 0 spiro atoms. The molecule has 0 atom stereocenters. The second-order valence-corrected chi connectivity index (χ2v) is 4.36. The summed E-state index contributed by atoms with van der Waals surface area (Å²) in [4.78, 5) is 10.6. The summed E-state index contributed by atoms with van der Waals surface area (Å²) in [6.07, 6.45) is 1.16. The fraction of sp³-hybridized carbons (Fsp3) is 0.462. The molecule has 4 heteroatoms. The summed E-state index contributed by atoms with van der Waals surface area (Å²) >= 11 is 0. The Bertz CT molecular complexity index is 336. The topological polar surface area (TPSA) is 49.3 Å². The Balaban J connectivity index is 0.00000256. The van der Waals surface area contributed by atoms with Gasteiger partial charge in [0.2, 0.25) is 0 Å². The van der Waals surface area contributed by atoms with Gasteiger partial charge in [0, 0.05) is 6.54 Å². The molecule has 1 aromatic rings. The lowest BCUT2D eigenvalue weighted by atomic mass is 10.1. The van der Waals surface area contributed by atoms with Crippen molar-refractivity contribution < 1.29 is 9.90 Å². The normalized spacial score (nSPS) is 10.1. The summed E-state index contributed by atoms with van der Waals surface area (Å²) in [6, 6.07) is 6.99. The van der Waals surface area contributed by atoms with Gasteiger partial charge in [-0.05, 0) is 36.6 Å². The average molecular weight is 258 g/mol. The monoisotopic (exact) mass is 257 g/mol. The molecular formula is C13H20ClNO2. The van der Waals surface area contributed by atoms with Gasteiger partial charge in [0.25, 0.3) is 0 Å². The fourth-order valence-corrected chi connectivity index (χ4v) is 1.39. The van der Waals surface area contributed by atoms with E-state index in [0.717, 1.165) is 25.1 Å². The molecule has 3 nitrogen and oxygen atoms in total. The quantitative estimate of drug-likeness (QED) is 0.771. The summed E-state index contributed by atoms with van der Waals surface area (Å²) in [7, 11) is 0. The molecule has 0 bridgehead atoms. The molecule has 0 saturated carbocycles. The first-order valence-electron chi connectivity index (χ1n) is 5.62. The van der Waals surface area contributed by atoms with E-state index in [9.17, 15) is 4.79 Å². The Morgan fingerprint density at radius 3 is 2.35 bits per heavy atom. The predicted molar refractivity (Wildman–Crippen MR) is 71.8 cm³/mol. The van der Waals surface area contributed by atoms with Crippen LogP contribution in [0.15, 0.2) is 24.3 Å². The second kappa shape index (κ2) is 8.09. The number of benzene rings is 1. The highest BCUT2D eigenvalue weighted by molar-refractivity contribution is 5.87. The summed E-state index contributed by atoms with van der Waals surface area (Å²) in [5.41, 5.74) is 1.46. The van der Waals surface area contributed by atoms with E-state index in [-0.39, 0.29) is 12.4 Å². The summed E-state index contributed by atoms with van der Waals surface area (Å²) in [5, 5.41) is 12.1. The number of carbonyl (C=O) groups is 1. The molecule has 1 aromatic carbocycles. The highest BCUT2D eigenvalue weighted by Crippen LogP contribution is 2.04. The Morgan fingerprint density at radius 1 is 1.29 bits per heavy atom. The van der Waals surface area contributed by atoms with Crippen molar-refractivity contribution in [1.29, 1.82) is 0 Å². The minimum atomic E-state index is -0.876. The van der Waals surface area contributed by atoms with Crippen molar-refractivity contribution in [2.75, 3.05) is 6.54 Å². The zero-order valence-corrected chi connectivity index (χ0v) is 11.1. The summed E-state index contributed by atoms with van der Waals surface area (Å²) < 4.78 is 0. The van der Waals surface area contributed by atoms with Crippen molar-refractivity contribution >= 4 is 18.4 Å². The lowest BCUT2D eigenvalue weighted by molar-refractivity contribution is 0.0697. The van der Waals surface area contributed by atoms with Crippen molar-refractivity contribution in [1.82, 2.24) is 5.32 Å². The van der Waals surface area contributed by atoms with Gasteiger partial charge in [0.05, 0.1) is 5.56 Å². The zero-order chi connectivity index (χ0) is 12.0. The van der Waals surface area contributed by atoms with Crippen LogP contribution in [-0.4, -0.2) is 17.6 Å². The molecule has 0 fully saturated rings. The Hall–Kier alpha value is -1.06. The van der Waals surface area contributed by atoms with Gasteiger partial charge >= 0.3 is 5.97 Å². The maximum Gasteiger partial charge on any atom is 0.335 e. The van der Waals surface area contributed by atoms with Crippen LogP contribution in [0.4, 0.5) is 0 Å². The fourth-order valence-electron chi connectivity index (χ4n) is 1.39. The smallest absolute Gasteiger partial charge is 0.335 e. The third-order valence-corrected chi connectivity index (χ3v) is 2.43. The van der Waals surface area contributed by atoms with E-state index >= 15 is 0 Å². The first kappa shape index (κ1) is 15.9. The van der Waals surface area contributed by atoms with Gasteiger partial charge < -0.3 is 10.4 Å². The van der Waals surface area contributed by atoms with Crippen LogP contribution in [0.2, 0.25) is 0 Å². The van der Waals surface area contributed by atoms with Gasteiger partial charge in [-0.2, -0.15) is 0 Å². The summed E-state index contributed by atoms with van der Waals surface area (Å²) in [5.74, 6) is -0.166. The van der Waals surface area contributed by atoms with E-state index in [1.54, 1.807) is 12.1 Å². The number of hydrogen-bond donors (Lipinski definition) is 2. The van der Waals surface area contributed by atoms with Crippen LogP contribution in [0.3, 0.4) is 0 Å². The SMILES string of the molecule is CC(C)CCNCc1ccc(C(=O)O)cc1.Cl. The number of aromatic carboxylic acids is 1. The minimum absolute atomic E-state index is 0. The van der Waals surface area contributed by atoms with Gasteiger partial charge in [-0.1, -0.05) is 26.0 Å². The van der Waals surface area contributed by atoms with Crippen LogP contribution in [-0.2, 0) is 6.54 Å². The van der Waals surface area contributed by atoms with Crippen molar-refractivity contribution in [2.45, 2.75) is 26.8 Å². The maximum atomic E-state index is 10.6. The van der Waals surface area contributed by atoms with Crippen molar-refractivity contribution in [3.63, 3.8) is 0 Å². The molecule has 96 valence electrons. The first-order chi connectivity index (χ1) is 7.59. The number of carboxylic acid groups (broad SMARTS) is 1. The predicted octanol–water partition coefficient (Wildman–Crippen LogP) is 2.94. The van der Waals surface area contributed by atoms with E-state index in [1.165, 1.54) is 0 Å². The standard InChI is InChI=1S/C13H19NO2.ClH/c1-10(2)7-8-14-9-11-3-5-12(6-4-11)13(15)16;/h3-6,10,14H,7-9H2,1-2H3,(H,15,16);1H. The molecule has 1 rings (SSSR count). The third kappa shape index (κ3) is 6.29. The number of rotatable bonds is 6. The zero-order valence-electron chi connectivity index (χ0n) is 10.3. The van der Waals surface area contributed by atoms with Crippen LogP contribution in [0, 0.1) is 5.92 Å². The minimum Gasteiger partial charge on any atom is -0.478 e. The van der Waals surface area contributed by atoms with Crippen LogP contribution in [0.1, 0.15) is 36.2 Å².